The number of anilines is 1. The van der Waals surface area contributed by atoms with E-state index in [2.05, 4.69) is 15.5 Å². The summed E-state index contributed by atoms with van der Waals surface area (Å²) in [6.45, 7) is 4.24. The van der Waals surface area contributed by atoms with E-state index in [1.165, 1.54) is 6.92 Å². The number of carbonyl (C=O) groups is 2. The first-order chi connectivity index (χ1) is 12.2. The minimum atomic E-state index is -0.324. The predicted molar refractivity (Wildman–Crippen MR) is 106 cm³/mol. The van der Waals surface area contributed by atoms with Crippen LogP contribution in [-0.4, -0.2) is 48.5 Å². The first-order valence-electron chi connectivity index (χ1n) is 8.71. The average molecular weight is 401 g/mol. The number of nitrogens with zero attached hydrogens (tertiary/aromatic N) is 2. The van der Waals surface area contributed by atoms with Gasteiger partial charge in [0, 0.05) is 14.0 Å². The molecule has 8 heteroatoms. The molecule has 0 aromatic heterocycles. The van der Waals surface area contributed by atoms with E-state index >= 15 is 0 Å². The van der Waals surface area contributed by atoms with Crippen LogP contribution in [0.3, 0.4) is 0 Å². The third-order valence-corrected chi connectivity index (χ3v) is 5.63. The Kier molecular flexibility index (Phi) is 7.15. The molecule has 1 aromatic carbocycles. The van der Waals surface area contributed by atoms with Gasteiger partial charge in [-0.05, 0) is 51.4 Å². The zero-order valence-electron chi connectivity index (χ0n) is 15.6. The summed E-state index contributed by atoms with van der Waals surface area (Å²) in [6, 6.07) is 2.97. The molecule has 0 aliphatic carbocycles. The van der Waals surface area contributed by atoms with Gasteiger partial charge in [-0.1, -0.05) is 29.3 Å². The lowest BCUT2D eigenvalue weighted by molar-refractivity contribution is -0.114. The summed E-state index contributed by atoms with van der Waals surface area (Å²) in [5, 5.41) is 6.19. The van der Waals surface area contributed by atoms with Crippen molar-refractivity contribution in [2.75, 3.05) is 26.0 Å². The minimum Gasteiger partial charge on any atom is -0.331 e. The molecule has 2 atom stereocenters. The third kappa shape index (κ3) is 4.81. The number of amides is 3. The molecular formula is C18H26Cl2N4O2. The van der Waals surface area contributed by atoms with Gasteiger partial charge >= 0.3 is 6.03 Å². The van der Waals surface area contributed by atoms with Crippen LogP contribution in [0.2, 0.25) is 10.0 Å². The maximum atomic E-state index is 12.6. The molecule has 1 aromatic rings. The maximum Gasteiger partial charge on any atom is 0.318 e. The molecule has 1 aliphatic heterocycles. The molecule has 144 valence electrons. The number of piperidine rings is 1. The normalized spacial score (nSPS) is 18.9. The molecule has 2 rings (SSSR count). The fourth-order valence-electron chi connectivity index (χ4n) is 3.23. The van der Waals surface area contributed by atoms with E-state index in [1.807, 2.05) is 21.0 Å². The molecule has 3 amide bonds. The summed E-state index contributed by atoms with van der Waals surface area (Å²) in [5.74, 6) is -0.227. The molecule has 2 unspecified atom stereocenters. The van der Waals surface area contributed by atoms with E-state index in [-0.39, 0.29) is 29.2 Å². The number of likely N-dealkylation sites (tertiary alicyclic amines) is 1. The molecule has 0 spiro atoms. The van der Waals surface area contributed by atoms with Crippen molar-refractivity contribution in [3.05, 3.63) is 27.7 Å². The van der Waals surface area contributed by atoms with Gasteiger partial charge in [-0.15, -0.1) is 0 Å². The van der Waals surface area contributed by atoms with E-state index in [4.69, 9.17) is 23.2 Å². The third-order valence-electron chi connectivity index (χ3n) is 4.73. The standard InChI is InChI=1S/C18H26Cl2N4O2/c1-11(13-8-9-14(22-12(2)25)17(20)16(13)19)21-18(26)24(4)15-7-5-6-10-23(15)3/h8-9,11,15H,5-7,10H2,1-4H3,(H,21,26)(H,22,25). The van der Waals surface area contributed by atoms with Gasteiger partial charge in [0.2, 0.25) is 5.91 Å². The van der Waals surface area contributed by atoms with Crippen molar-refractivity contribution >= 4 is 40.8 Å². The summed E-state index contributed by atoms with van der Waals surface area (Å²) in [6.07, 6.45) is 3.34. The van der Waals surface area contributed by atoms with Gasteiger partial charge in [0.15, 0.2) is 0 Å². The number of urea groups is 1. The van der Waals surface area contributed by atoms with Crippen LogP contribution < -0.4 is 10.6 Å². The molecule has 1 saturated heterocycles. The van der Waals surface area contributed by atoms with Crippen LogP contribution in [0.5, 0.6) is 0 Å². The highest BCUT2D eigenvalue weighted by atomic mass is 35.5. The van der Waals surface area contributed by atoms with E-state index in [0.29, 0.717) is 16.3 Å². The molecular weight excluding hydrogens is 375 g/mol. The zero-order valence-corrected chi connectivity index (χ0v) is 17.1. The highest BCUT2D eigenvalue weighted by Gasteiger charge is 2.27. The van der Waals surface area contributed by atoms with Gasteiger partial charge in [-0.2, -0.15) is 0 Å². The molecule has 0 bridgehead atoms. The largest absolute Gasteiger partial charge is 0.331 e. The number of carbonyl (C=O) groups excluding carboxylic acids is 2. The molecule has 2 N–H and O–H groups in total. The lowest BCUT2D eigenvalue weighted by Crippen LogP contribution is -2.52. The molecule has 6 nitrogen and oxygen atoms in total. The predicted octanol–water partition coefficient (Wildman–Crippen LogP) is 4.10. The van der Waals surface area contributed by atoms with Gasteiger partial charge in [0.25, 0.3) is 0 Å². The first-order valence-corrected chi connectivity index (χ1v) is 9.47. The Hall–Kier alpha value is -1.50. The number of nitrogens with one attached hydrogen (secondary N) is 2. The van der Waals surface area contributed by atoms with Gasteiger partial charge in [-0.25, -0.2) is 4.79 Å². The average Bonchev–Trinajstić information content (AvgIpc) is 2.58. The zero-order chi connectivity index (χ0) is 19.4. The summed E-state index contributed by atoms with van der Waals surface area (Å²) >= 11 is 12.6. The van der Waals surface area contributed by atoms with Crippen LogP contribution in [0, 0.1) is 0 Å². The monoisotopic (exact) mass is 400 g/mol. The first kappa shape index (κ1) is 20.8. The summed E-state index contributed by atoms with van der Waals surface area (Å²) < 4.78 is 0. The highest BCUT2D eigenvalue weighted by molar-refractivity contribution is 6.44. The Morgan fingerprint density at radius 1 is 1.27 bits per heavy atom. The van der Waals surface area contributed by atoms with Crippen molar-refractivity contribution in [2.45, 2.75) is 45.3 Å². The van der Waals surface area contributed by atoms with Gasteiger partial charge < -0.3 is 15.5 Å². The highest BCUT2D eigenvalue weighted by Crippen LogP contribution is 2.36. The summed E-state index contributed by atoms with van der Waals surface area (Å²) in [4.78, 5) is 27.8. The second kappa shape index (κ2) is 8.93. The Morgan fingerprint density at radius 3 is 2.58 bits per heavy atom. The van der Waals surface area contributed by atoms with E-state index in [0.717, 1.165) is 25.8 Å². The molecule has 1 fully saturated rings. The molecule has 0 radical (unpaired) electrons. The second-order valence-electron chi connectivity index (χ2n) is 6.75. The Labute approximate surface area is 164 Å². The molecule has 26 heavy (non-hydrogen) atoms. The smallest absolute Gasteiger partial charge is 0.318 e. The maximum absolute atomic E-state index is 12.6. The fourth-order valence-corrected chi connectivity index (χ4v) is 3.78. The van der Waals surface area contributed by atoms with E-state index in [9.17, 15) is 9.59 Å². The lowest BCUT2D eigenvalue weighted by atomic mass is 10.1. The van der Waals surface area contributed by atoms with Crippen LogP contribution in [-0.2, 0) is 4.79 Å². The van der Waals surface area contributed by atoms with Crippen molar-refractivity contribution in [3.8, 4) is 0 Å². The van der Waals surface area contributed by atoms with Crippen molar-refractivity contribution in [1.29, 1.82) is 0 Å². The van der Waals surface area contributed by atoms with Crippen LogP contribution >= 0.6 is 23.2 Å². The number of rotatable bonds is 4. The number of benzene rings is 1. The quantitative estimate of drug-likeness (QED) is 0.799. The fraction of sp³-hybridized carbons (Fsp3) is 0.556. The topological polar surface area (TPSA) is 64.7 Å². The SMILES string of the molecule is CC(=O)Nc1ccc(C(C)NC(=O)N(C)C2CCCCN2C)c(Cl)c1Cl. The number of hydrogen-bond donors (Lipinski definition) is 2. The van der Waals surface area contributed by atoms with Crippen LogP contribution in [0.1, 0.15) is 44.7 Å². The summed E-state index contributed by atoms with van der Waals surface area (Å²) in [5.41, 5.74) is 1.15. The number of hydrogen-bond acceptors (Lipinski definition) is 3. The lowest BCUT2D eigenvalue weighted by Gasteiger charge is -2.39. The second-order valence-corrected chi connectivity index (χ2v) is 7.51. The Morgan fingerprint density at radius 2 is 1.96 bits per heavy atom. The summed E-state index contributed by atoms with van der Waals surface area (Å²) in [7, 11) is 3.84. The van der Waals surface area contributed by atoms with E-state index in [1.54, 1.807) is 17.0 Å². The van der Waals surface area contributed by atoms with Crippen molar-refractivity contribution in [1.82, 2.24) is 15.1 Å². The van der Waals surface area contributed by atoms with Crippen LogP contribution in [0.4, 0.5) is 10.5 Å². The van der Waals surface area contributed by atoms with E-state index < -0.39 is 0 Å². The molecule has 0 saturated carbocycles. The van der Waals surface area contributed by atoms with Gasteiger partial charge in [0.1, 0.15) is 0 Å². The van der Waals surface area contributed by atoms with Crippen molar-refractivity contribution < 1.29 is 9.59 Å². The Bertz CT molecular complexity index is 683. The minimum absolute atomic E-state index is 0.0946. The van der Waals surface area contributed by atoms with Gasteiger partial charge in [0.05, 0.1) is 27.9 Å². The Balaban J connectivity index is 2.09. The number of halogens is 2. The van der Waals surface area contributed by atoms with Crippen molar-refractivity contribution in [3.63, 3.8) is 0 Å². The van der Waals surface area contributed by atoms with Crippen LogP contribution in [0.25, 0.3) is 0 Å². The van der Waals surface area contributed by atoms with Gasteiger partial charge in [-0.3, -0.25) is 9.69 Å². The molecule has 1 heterocycles. The van der Waals surface area contributed by atoms with Crippen LogP contribution in [0.15, 0.2) is 12.1 Å². The molecule has 1 aliphatic rings. The van der Waals surface area contributed by atoms with Crippen molar-refractivity contribution in [2.24, 2.45) is 0 Å².